The van der Waals surface area contributed by atoms with Gasteiger partial charge >= 0.3 is 0 Å². The van der Waals surface area contributed by atoms with Crippen LogP contribution in [0.25, 0.3) is 10.8 Å². The second-order valence-electron chi connectivity index (χ2n) is 4.89. The lowest BCUT2D eigenvalue weighted by atomic mass is 10.1. The third kappa shape index (κ3) is 3.26. The first kappa shape index (κ1) is 14.1. The number of rotatable bonds is 4. The Labute approximate surface area is 128 Å². The Bertz CT molecular complexity index is 770. The zero-order chi connectivity index (χ0) is 14.7. The smallest absolute Gasteiger partial charge is 0.123 e. The molecular weight excluding hydrogens is 281 g/mol. The largest absolute Gasteiger partial charge is 0.316 e. The molecule has 0 radical (unpaired) electrons. The maximum Gasteiger partial charge on any atom is 0.123 e. The van der Waals surface area contributed by atoms with Gasteiger partial charge in [0, 0.05) is 16.3 Å². The van der Waals surface area contributed by atoms with E-state index in [1.165, 1.54) is 16.8 Å². The van der Waals surface area contributed by atoms with Gasteiger partial charge in [-0.1, -0.05) is 42.1 Å². The van der Waals surface area contributed by atoms with Crippen LogP contribution in [0.2, 0.25) is 0 Å². The van der Waals surface area contributed by atoms with Crippen LogP contribution in [-0.2, 0) is 6.54 Å². The molecule has 0 fully saturated rings. The monoisotopic (exact) mass is 297 g/mol. The molecule has 3 aromatic carbocycles. The fraction of sp³-hybridized carbons (Fsp3) is 0.111. The van der Waals surface area contributed by atoms with Crippen molar-refractivity contribution in [3.05, 3.63) is 72.0 Å². The third-order valence-electron chi connectivity index (χ3n) is 3.34. The van der Waals surface area contributed by atoms with Crippen LogP contribution in [0.1, 0.15) is 5.56 Å². The minimum absolute atomic E-state index is 0.192. The van der Waals surface area contributed by atoms with E-state index in [0.29, 0.717) is 6.54 Å². The number of nitrogens with one attached hydrogen (secondary N) is 1. The summed E-state index contributed by atoms with van der Waals surface area (Å²) in [5, 5.41) is 5.54. The van der Waals surface area contributed by atoms with Gasteiger partial charge in [0.25, 0.3) is 0 Å². The number of benzene rings is 3. The van der Waals surface area contributed by atoms with Crippen molar-refractivity contribution in [3.63, 3.8) is 0 Å². The molecule has 0 atom stereocenters. The van der Waals surface area contributed by atoms with Crippen molar-refractivity contribution in [2.24, 2.45) is 0 Å². The fourth-order valence-electron chi connectivity index (χ4n) is 2.33. The molecule has 3 heteroatoms. The third-order valence-corrected chi connectivity index (χ3v) is 4.45. The zero-order valence-electron chi connectivity index (χ0n) is 11.8. The highest BCUT2D eigenvalue weighted by Gasteiger charge is 2.06. The number of hydrogen-bond donors (Lipinski definition) is 1. The molecule has 0 aromatic heterocycles. The van der Waals surface area contributed by atoms with Crippen molar-refractivity contribution in [1.82, 2.24) is 5.32 Å². The Balaban J connectivity index is 1.94. The summed E-state index contributed by atoms with van der Waals surface area (Å²) < 4.78 is 13.4. The first-order valence-electron chi connectivity index (χ1n) is 6.86. The van der Waals surface area contributed by atoms with Crippen molar-refractivity contribution < 1.29 is 4.39 Å². The average Bonchev–Trinajstić information content (AvgIpc) is 2.50. The van der Waals surface area contributed by atoms with E-state index in [9.17, 15) is 4.39 Å². The molecular formula is C18H16FNS. The molecule has 106 valence electrons. The molecule has 3 rings (SSSR count). The molecule has 1 N–H and O–H groups in total. The highest BCUT2D eigenvalue weighted by atomic mass is 32.2. The molecule has 1 nitrogen and oxygen atoms in total. The number of hydrogen-bond acceptors (Lipinski definition) is 2. The predicted octanol–water partition coefficient (Wildman–Crippen LogP) is 4.85. The van der Waals surface area contributed by atoms with Gasteiger partial charge in [0.15, 0.2) is 0 Å². The summed E-state index contributed by atoms with van der Waals surface area (Å²) in [6, 6.07) is 19.7. The zero-order valence-corrected chi connectivity index (χ0v) is 12.6. The van der Waals surface area contributed by atoms with Gasteiger partial charge in [-0.2, -0.15) is 0 Å². The standard InChI is InChI=1S/C18H16FNS/c1-20-12-15-10-16(19)7-9-18(15)21-17-8-6-13-4-2-3-5-14(13)11-17/h2-11,20H,12H2,1H3. The summed E-state index contributed by atoms with van der Waals surface area (Å²) in [6.07, 6.45) is 0. The van der Waals surface area contributed by atoms with Crippen LogP contribution in [0.15, 0.2) is 70.5 Å². The predicted molar refractivity (Wildman–Crippen MR) is 87.2 cm³/mol. The Kier molecular flexibility index (Phi) is 4.23. The normalized spacial score (nSPS) is 11.0. The Morgan fingerprint density at radius 3 is 2.57 bits per heavy atom. The van der Waals surface area contributed by atoms with Gasteiger partial charge in [-0.15, -0.1) is 0 Å². The maximum atomic E-state index is 13.4. The van der Waals surface area contributed by atoms with Crippen LogP contribution in [-0.4, -0.2) is 7.05 Å². The highest BCUT2D eigenvalue weighted by Crippen LogP contribution is 2.32. The molecule has 0 aliphatic heterocycles. The summed E-state index contributed by atoms with van der Waals surface area (Å²) >= 11 is 1.67. The van der Waals surface area contributed by atoms with Crippen molar-refractivity contribution >= 4 is 22.5 Å². The van der Waals surface area contributed by atoms with Crippen LogP contribution in [0.3, 0.4) is 0 Å². The lowest BCUT2D eigenvalue weighted by molar-refractivity contribution is 0.621. The molecule has 21 heavy (non-hydrogen) atoms. The van der Waals surface area contributed by atoms with E-state index in [-0.39, 0.29) is 5.82 Å². The van der Waals surface area contributed by atoms with Gasteiger partial charge in [0.05, 0.1) is 0 Å². The van der Waals surface area contributed by atoms with Crippen LogP contribution in [0.4, 0.5) is 4.39 Å². The summed E-state index contributed by atoms with van der Waals surface area (Å²) in [4.78, 5) is 2.25. The minimum Gasteiger partial charge on any atom is -0.316 e. The Hall–Kier alpha value is -1.84. The second-order valence-corrected chi connectivity index (χ2v) is 6.01. The van der Waals surface area contributed by atoms with Crippen LogP contribution >= 0.6 is 11.8 Å². The quantitative estimate of drug-likeness (QED) is 0.739. The molecule has 0 bridgehead atoms. The summed E-state index contributed by atoms with van der Waals surface area (Å²) in [5.41, 5.74) is 0.982. The van der Waals surface area contributed by atoms with Crippen molar-refractivity contribution in [1.29, 1.82) is 0 Å². The van der Waals surface area contributed by atoms with Gasteiger partial charge in [-0.25, -0.2) is 4.39 Å². The first-order valence-corrected chi connectivity index (χ1v) is 7.67. The van der Waals surface area contributed by atoms with Gasteiger partial charge < -0.3 is 5.32 Å². The van der Waals surface area contributed by atoms with Gasteiger partial charge in [0.2, 0.25) is 0 Å². The van der Waals surface area contributed by atoms with E-state index in [1.54, 1.807) is 17.8 Å². The van der Waals surface area contributed by atoms with Crippen LogP contribution < -0.4 is 5.32 Å². The van der Waals surface area contributed by atoms with E-state index >= 15 is 0 Å². The van der Waals surface area contributed by atoms with Crippen molar-refractivity contribution in [3.8, 4) is 0 Å². The van der Waals surface area contributed by atoms with Crippen LogP contribution in [0.5, 0.6) is 0 Å². The summed E-state index contributed by atoms with van der Waals surface area (Å²) in [6.45, 7) is 0.660. The molecule has 0 heterocycles. The van der Waals surface area contributed by atoms with Crippen molar-refractivity contribution in [2.45, 2.75) is 16.3 Å². The molecule has 0 amide bonds. The van der Waals surface area contributed by atoms with Gasteiger partial charge in [-0.3, -0.25) is 0 Å². The van der Waals surface area contributed by atoms with Crippen molar-refractivity contribution in [2.75, 3.05) is 7.05 Å². The minimum atomic E-state index is -0.192. The lowest BCUT2D eigenvalue weighted by Gasteiger charge is -2.10. The molecule has 0 spiro atoms. The lowest BCUT2D eigenvalue weighted by Crippen LogP contribution is -2.06. The fourth-order valence-corrected chi connectivity index (χ4v) is 3.31. The Morgan fingerprint density at radius 1 is 0.952 bits per heavy atom. The van der Waals surface area contributed by atoms with Crippen LogP contribution in [0, 0.1) is 5.82 Å². The summed E-state index contributed by atoms with van der Waals surface area (Å²) in [7, 11) is 1.87. The SMILES string of the molecule is CNCc1cc(F)ccc1Sc1ccc2ccccc2c1. The summed E-state index contributed by atoms with van der Waals surface area (Å²) in [5.74, 6) is -0.192. The second kappa shape index (κ2) is 6.29. The molecule has 0 unspecified atom stereocenters. The van der Waals surface area contributed by atoms with E-state index in [4.69, 9.17) is 0 Å². The van der Waals surface area contributed by atoms with Gasteiger partial charge in [0.1, 0.15) is 5.82 Å². The number of fused-ring (bicyclic) bond motifs is 1. The van der Waals surface area contributed by atoms with E-state index in [0.717, 1.165) is 15.4 Å². The molecule has 3 aromatic rings. The molecule has 0 aliphatic rings. The average molecular weight is 297 g/mol. The molecule has 0 aliphatic carbocycles. The highest BCUT2D eigenvalue weighted by molar-refractivity contribution is 7.99. The number of halogens is 1. The van der Waals surface area contributed by atoms with Gasteiger partial charge in [-0.05, 0) is 53.7 Å². The molecule has 0 saturated heterocycles. The molecule has 0 saturated carbocycles. The maximum absolute atomic E-state index is 13.4. The topological polar surface area (TPSA) is 12.0 Å². The Morgan fingerprint density at radius 2 is 1.76 bits per heavy atom. The van der Waals surface area contributed by atoms with E-state index < -0.39 is 0 Å². The van der Waals surface area contributed by atoms with E-state index in [1.807, 2.05) is 25.2 Å². The first-order chi connectivity index (χ1) is 10.3. The van der Waals surface area contributed by atoms with E-state index in [2.05, 4.69) is 35.6 Å².